The Balaban J connectivity index is 1.99. The molecule has 0 amide bonds. The van der Waals surface area contributed by atoms with Gasteiger partial charge in [0.05, 0.1) is 21.5 Å². The molecule has 3 nitrogen and oxygen atoms in total. The van der Waals surface area contributed by atoms with E-state index in [1.807, 2.05) is 0 Å². The minimum absolute atomic E-state index is 0.0166. The van der Waals surface area contributed by atoms with Crippen molar-refractivity contribution < 1.29 is 13.2 Å². The molecule has 0 radical (unpaired) electrons. The quantitative estimate of drug-likeness (QED) is 0.678. The molecule has 1 heterocycles. The number of anilines is 3. The van der Waals surface area contributed by atoms with E-state index in [2.05, 4.69) is 10.3 Å². The summed E-state index contributed by atoms with van der Waals surface area (Å²) in [6, 6.07) is 10.5. The van der Waals surface area contributed by atoms with Crippen LogP contribution in [0.4, 0.5) is 29.7 Å². The third-order valence-electron chi connectivity index (χ3n) is 2.89. The molecule has 21 heavy (non-hydrogen) atoms. The van der Waals surface area contributed by atoms with Crippen molar-refractivity contribution in [1.29, 1.82) is 0 Å². The number of benzene rings is 2. The van der Waals surface area contributed by atoms with Crippen LogP contribution in [0.25, 0.3) is 10.2 Å². The van der Waals surface area contributed by atoms with Crippen molar-refractivity contribution in [2.45, 2.75) is 6.18 Å². The molecule has 3 rings (SSSR count). The Morgan fingerprint density at radius 3 is 2.62 bits per heavy atom. The first-order valence-electron chi connectivity index (χ1n) is 6.03. The van der Waals surface area contributed by atoms with Gasteiger partial charge in [-0.15, -0.1) is 0 Å². The van der Waals surface area contributed by atoms with Crippen molar-refractivity contribution in [2.75, 3.05) is 11.1 Å². The second kappa shape index (κ2) is 4.92. The van der Waals surface area contributed by atoms with Gasteiger partial charge in [0.1, 0.15) is 0 Å². The number of thiazole rings is 1. The van der Waals surface area contributed by atoms with Gasteiger partial charge in [0.25, 0.3) is 0 Å². The van der Waals surface area contributed by atoms with Crippen molar-refractivity contribution in [3.05, 3.63) is 48.0 Å². The van der Waals surface area contributed by atoms with Crippen LogP contribution < -0.4 is 11.1 Å². The molecule has 3 aromatic rings. The highest BCUT2D eigenvalue weighted by Crippen LogP contribution is 2.37. The molecule has 0 aliphatic carbocycles. The molecular weight excluding hydrogens is 299 g/mol. The number of aromatic nitrogens is 1. The van der Waals surface area contributed by atoms with Crippen LogP contribution in [0.15, 0.2) is 42.5 Å². The SMILES string of the molecule is Nc1ccc2nc(Nc3ccccc3C(F)(F)F)sc2c1. The lowest BCUT2D eigenvalue weighted by atomic mass is 10.2. The average Bonchev–Trinajstić information content (AvgIpc) is 2.79. The summed E-state index contributed by atoms with van der Waals surface area (Å²) in [5.41, 5.74) is 6.23. The molecule has 0 unspecified atom stereocenters. The maximum absolute atomic E-state index is 12.9. The normalized spacial score (nSPS) is 11.8. The molecule has 1 aromatic heterocycles. The molecule has 0 saturated heterocycles. The van der Waals surface area contributed by atoms with Crippen LogP contribution >= 0.6 is 11.3 Å². The van der Waals surface area contributed by atoms with E-state index >= 15 is 0 Å². The summed E-state index contributed by atoms with van der Waals surface area (Å²) >= 11 is 1.26. The Morgan fingerprint density at radius 2 is 1.86 bits per heavy atom. The van der Waals surface area contributed by atoms with E-state index in [0.29, 0.717) is 16.3 Å². The standard InChI is InChI=1S/C14H10F3N3S/c15-14(16,17)9-3-1-2-4-10(9)19-13-20-11-6-5-8(18)7-12(11)21-13/h1-7H,18H2,(H,19,20). The largest absolute Gasteiger partial charge is 0.418 e. The third kappa shape index (κ3) is 2.78. The van der Waals surface area contributed by atoms with Crippen LogP contribution in [-0.2, 0) is 6.18 Å². The van der Waals surface area contributed by atoms with Gasteiger partial charge in [0.2, 0.25) is 0 Å². The summed E-state index contributed by atoms with van der Waals surface area (Å²) in [4.78, 5) is 4.26. The molecule has 3 N–H and O–H groups in total. The highest BCUT2D eigenvalue weighted by atomic mass is 32.1. The van der Waals surface area contributed by atoms with Crippen LogP contribution in [0, 0.1) is 0 Å². The van der Waals surface area contributed by atoms with Crippen LogP contribution in [0.3, 0.4) is 0 Å². The van der Waals surface area contributed by atoms with Crippen LogP contribution in [0.2, 0.25) is 0 Å². The summed E-state index contributed by atoms with van der Waals surface area (Å²) in [5.74, 6) is 0. The lowest BCUT2D eigenvalue weighted by Crippen LogP contribution is -2.08. The monoisotopic (exact) mass is 309 g/mol. The molecule has 0 aliphatic rings. The highest BCUT2D eigenvalue weighted by molar-refractivity contribution is 7.22. The van der Waals surface area contributed by atoms with Crippen molar-refractivity contribution >= 4 is 38.1 Å². The van der Waals surface area contributed by atoms with Gasteiger partial charge >= 0.3 is 6.18 Å². The molecule has 7 heteroatoms. The summed E-state index contributed by atoms with van der Waals surface area (Å²) in [6.07, 6.45) is -4.41. The van der Waals surface area contributed by atoms with Gasteiger partial charge in [-0.2, -0.15) is 13.2 Å². The first kappa shape index (κ1) is 13.7. The van der Waals surface area contributed by atoms with Gasteiger partial charge in [-0.3, -0.25) is 0 Å². The number of nitrogens with one attached hydrogen (secondary N) is 1. The average molecular weight is 309 g/mol. The lowest BCUT2D eigenvalue weighted by Gasteiger charge is -2.12. The highest BCUT2D eigenvalue weighted by Gasteiger charge is 2.33. The Morgan fingerprint density at radius 1 is 1.10 bits per heavy atom. The number of halogens is 3. The van der Waals surface area contributed by atoms with Gasteiger partial charge in [-0.1, -0.05) is 23.5 Å². The van der Waals surface area contributed by atoms with Gasteiger partial charge in [0, 0.05) is 5.69 Å². The fourth-order valence-corrected chi connectivity index (χ4v) is 2.88. The lowest BCUT2D eigenvalue weighted by molar-refractivity contribution is -0.136. The zero-order valence-electron chi connectivity index (χ0n) is 10.6. The third-order valence-corrected chi connectivity index (χ3v) is 3.82. The first-order valence-corrected chi connectivity index (χ1v) is 6.84. The maximum atomic E-state index is 12.9. The van der Waals surface area contributed by atoms with Crippen molar-refractivity contribution in [3.63, 3.8) is 0 Å². The van der Waals surface area contributed by atoms with Gasteiger partial charge in [0.15, 0.2) is 5.13 Å². The summed E-state index contributed by atoms with van der Waals surface area (Å²) in [7, 11) is 0. The minimum Gasteiger partial charge on any atom is -0.399 e. The van der Waals surface area contributed by atoms with E-state index in [1.165, 1.54) is 23.5 Å². The van der Waals surface area contributed by atoms with Crippen molar-refractivity contribution in [2.24, 2.45) is 0 Å². The Bertz CT molecular complexity index is 796. The van der Waals surface area contributed by atoms with Gasteiger partial charge in [-0.05, 0) is 30.3 Å². The van der Waals surface area contributed by atoms with E-state index in [-0.39, 0.29) is 5.69 Å². The smallest absolute Gasteiger partial charge is 0.399 e. The molecular formula is C14H10F3N3S. The summed E-state index contributed by atoms with van der Waals surface area (Å²) < 4.78 is 39.6. The fourth-order valence-electron chi connectivity index (χ4n) is 1.95. The second-order valence-corrected chi connectivity index (χ2v) is 5.45. The van der Waals surface area contributed by atoms with E-state index in [4.69, 9.17) is 5.73 Å². The number of para-hydroxylation sites is 1. The number of nitrogens with two attached hydrogens (primary N) is 1. The number of alkyl halides is 3. The van der Waals surface area contributed by atoms with Crippen molar-refractivity contribution in [3.8, 4) is 0 Å². The number of rotatable bonds is 2. The van der Waals surface area contributed by atoms with E-state index in [1.54, 1.807) is 24.3 Å². The maximum Gasteiger partial charge on any atom is 0.418 e. The zero-order valence-corrected chi connectivity index (χ0v) is 11.4. The molecule has 0 bridgehead atoms. The Kier molecular flexibility index (Phi) is 3.21. The predicted octanol–water partition coefficient (Wildman–Crippen LogP) is 4.64. The topological polar surface area (TPSA) is 50.9 Å². The zero-order chi connectivity index (χ0) is 15.0. The molecule has 0 spiro atoms. The molecule has 2 aromatic carbocycles. The van der Waals surface area contributed by atoms with E-state index in [0.717, 1.165) is 10.8 Å². The van der Waals surface area contributed by atoms with Crippen LogP contribution in [0.5, 0.6) is 0 Å². The first-order chi connectivity index (χ1) is 9.93. The second-order valence-electron chi connectivity index (χ2n) is 4.41. The molecule has 0 atom stereocenters. The molecule has 0 fully saturated rings. The van der Waals surface area contributed by atoms with Crippen molar-refractivity contribution in [1.82, 2.24) is 4.98 Å². The number of fused-ring (bicyclic) bond motifs is 1. The predicted molar refractivity (Wildman–Crippen MR) is 78.8 cm³/mol. The van der Waals surface area contributed by atoms with Gasteiger partial charge in [-0.25, -0.2) is 4.98 Å². The van der Waals surface area contributed by atoms with Gasteiger partial charge < -0.3 is 11.1 Å². The van der Waals surface area contributed by atoms with E-state index in [9.17, 15) is 13.2 Å². The molecule has 0 saturated carbocycles. The fraction of sp³-hybridized carbons (Fsp3) is 0.0714. The Labute approximate surface area is 122 Å². The van der Waals surface area contributed by atoms with E-state index < -0.39 is 11.7 Å². The van der Waals surface area contributed by atoms with Crippen LogP contribution in [-0.4, -0.2) is 4.98 Å². The number of nitrogen functional groups attached to an aromatic ring is 1. The minimum atomic E-state index is -4.41. The van der Waals surface area contributed by atoms with Crippen LogP contribution in [0.1, 0.15) is 5.56 Å². The summed E-state index contributed by atoms with van der Waals surface area (Å²) in [5, 5.41) is 3.13. The summed E-state index contributed by atoms with van der Waals surface area (Å²) in [6.45, 7) is 0. The number of hydrogen-bond donors (Lipinski definition) is 2. The molecule has 0 aliphatic heterocycles. The Hall–Kier alpha value is -2.28. The molecule has 108 valence electrons. The number of hydrogen-bond acceptors (Lipinski definition) is 4. The number of nitrogens with zero attached hydrogens (tertiary/aromatic N) is 1.